The van der Waals surface area contributed by atoms with E-state index >= 15 is 0 Å². The molecule has 0 aliphatic carbocycles. The minimum atomic E-state index is -0.782. The molecule has 0 aliphatic heterocycles. The highest BCUT2D eigenvalue weighted by Gasteiger charge is 2.21. The van der Waals surface area contributed by atoms with Crippen LogP contribution in [0.25, 0.3) is 0 Å². The lowest BCUT2D eigenvalue weighted by molar-refractivity contribution is 0.0991. The predicted molar refractivity (Wildman–Crippen MR) is 76.1 cm³/mol. The van der Waals surface area contributed by atoms with Crippen molar-refractivity contribution in [3.8, 4) is 0 Å². The van der Waals surface area contributed by atoms with Gasteiger partial charge in [0.15, 0.2) is 5.78 Å². The molecule has 0 bridgehead atoms. The van der Waals surface area contributed by atoms with E-state index in [0.29, 0.717) is 10.4 Å². The predicted octanol–water partition coefficient (Wildman–Crippen LogP) is 5.12. The van der Waals surface area contributed by atoms with Crippen LogP contribution in [0.1, 0.15) is 26.2 Å². The van der Waals surface area contributed by atoms with Gasteiger partial charge in [-0.1, -0.05) is 12.1 Å². The Kier molecular flexibility index (Phi) is 4.20. The molecule has 1 heterocycles. The van der Waals surface area contributed by atoms with Crippen molar-refractivity contribution in [2.45, 2.75) is 12.3 Å². The Labute approximate surface area is 122 Å². The van der Waals surface area contributed by atoms with Gasteiger partial charge in [-0.15, -0.1) is 22.9 Å². The fourth-order valence-corrected chi connectivity index (χ4v) is 3.32. The number of alkyl halides is 1. The van der Waals surface area contributed by atoms with Gasteiger partial charge < -0.3 is 0 Å². The zero-order chi connectivity index (χ0) is 13.3. The summed E-state index contributed by atoms with van der Waals surface area (Å²) in [6, 6.07) is 7.46. The van der Waals surface area contributed by atoms with Crippen LogP contribution in [0.5, 0.6) is 0 Å². The van der Waals surface area contributed by atoms with Gasteiger partial charge in [-0.25, -0.2) is 4.39 Å². The highest BCUT2D eigenvalue weighted by atomic mass is 79.9. The fourth-order valence-electron chi connectivity index (χ4n) is 1.49. The number of hydrogen-bond acceptors (Lipinski definition) is 2. The monoisotopic (exact) mass is 346 g/mol. The molecule has 0 aliphatic rings. The van der Waals surface area contributed by atoms with Crippen molar-refractivity contribution in [1.29, 1.82) is 0 Å². The molecule has 0 N–H and O–H groups in total. The summed E-state index contributed by atoms with van der Waals surface area (Å²) in [6.45, 7) is 1.92. The third-order valence-corrected chi connectivity index (χ3v) is 5.09. The van der Waals surface area contributed by atoms with Crippen molar-refractivity contribution in [3.05, 3.63) is 55.9 Å². The van der Waals surface area contributed by atoms with Crippen molar-refractivity contribution in [3.63, 3.8) is 0 Å². The lowest BCUT2D eigenvalue weighted by atomic mass is 10.1. The molecule has 0 amide bonds. The summed E-state index contributed by atoms with van der Waals surface area (Å²) in [5, 5.41) is -0.782. The first-order valence-electron chi connectivity index (χ1n) is 5.18. The summed E-state index contributed by atoms with van der Waals surface area (Å²) in [5.41, 5.74) is 1.61. The van der Waals surface area contributed by atoms with Crippen molar-refractivity contribution in [1.82, 2.24) is 0 Å². The van der Waals surface area contributed by atoms with Gasteiger partial charge >= 0.3 is 0 Å². The molecule has 1 unspecified atom stereocenters. The van der Waals surface area contributed by atoms with Crippen molar-refractivity contribution >= 4 is 44.7 Å². The van der Waals surface area contributed by atoms with Gasteiger partial charge in [0.2, 0.25) is 0 Å². The third kappa shape index (κ3) is 2.82. The number of Topliss-reactive ketones (excluding diaryl/α,β-unsaturated/α-hetero) is 1. The van der Waals surface area contributed by atoms with E-state index in [0.717, 1.165) is 9.35 Å². The second-order valence-corrected chi connectivity index (χ2v) is 6.65. The molecule has 2 rings (SSSR count). The van der Waals surface area contributed by atoms with E-state index in [1.807, 2.05) is 6.92 Å². The molecular formula is C13H9BrClFOS. The number of ketones is 1. The normalized spacial score (nSPS) is 12.4. The zero-order valence-electron chi connectivity index (χ0n) is 9.41. The zero-order valence-corrected chi connectivity index (χ0v) is 12.6. The van der Waals surface area contributed by atoms with Gasteiger partial charge in [-0.3, -0.25) is 4.79 Å². The Balaban J connectivity index is 2.26. The quantitative estimate of drug-likeness (QED) is 0.556. The second-order valence-electron chi connectivity index (χ2n) is 3.85. The number of carbonyl (C=O) groups excluding carboxylic acids is 1. The van der Waals surface area contributed by atoms with E-state index in [2.05, 4.69) is 15.9 Å². The highest BCUT2D eigenvalue weighted by Crippen LogP contribution is 2.32. The first kappa shape index (κ1) is 13.7. The summed E-state index contributed by atoms with van der Waals surface area (Å²) in [4.78, 5) is 12.8. The van der Waals surface area contributed by atoms with E-state index in [9.17, 15) is 9.18 Å². The van der Waals surface area contributed by atoms with Gasteiger partial charge in [0.1, 0.15) is 11.2 Å². The fraction of sp³-hybridized carbons (Fsp3) is 0.154. The number of halogens is 3. The maximum absolute atomic E-state index is 12.8. The van der Waals surface area contributed by atoms with Gasteiger partial charge in [0, 0.05) is 0 Å². The summed E-state index contributed by atoms with van der Waals surface area (Å²) >= 11 is 10.9. The van der Waals surface area contributed by atoms with Crippen LogP contribution in [0.2, 0.25) is 0 Å². The number of rotatable bonds is 3. The summed E-state index contributed by atoms with van der Waals surface area (Å²) < 4.78 is 13.7. The van der Waals surface area contributed by atoms with Crippen LogP contribution in [0, 0.1) is 12.7 Å². The van der Waals surface area contributed by atoms with Gasteiger partial charge in [-0.05, 0) is 52.2 Å². The van der Waals surface area contributed by atoms with E-state index in [-0.39, 0.29) is 11.6 Å². The summed E-state index contributed by atoms with van der Waals surface area (Å²) in [7, 11) is 0. The first-order valence-corrected chi connectivity index (χ1v) is 7.23. The summed E-state index contributed by atoms with van der Waals surface area (Å²) in [6.07, 6.45) is 0. The Bertz CT molecular complexity index is 560. The van der Waals surface area contributed by atoms with Gasteiger partial charge in [0.25, 0.3) is 0 Å². The minimum absolute atomic E-state index is 0.165. The lowest BCUT2D eigenvalue weighted by Gasteiger charge is -2.07. The van der Waals surface area contributed by atoms with Crippen LogP contribution in [-0.2, 0) is 0 Å². The topological polar surface area (TPSA) is 17.1 Å². The lowest BCUT2D eigenvalue weighted by Crippen LogP contribution is -2.05. The largest absolute Gasteiger partial charge is 0.291 e. The molecule has 0 saturated carbocycles. The molecule has 0 radical (unpaired) electrons. The molecular weight excluding hydrogens is 339 g/mol. The average Bonchev–Trinajstić information content (AvgIpc) is 2.69. The standard InChI is InChI=1S/C13H9BrClFOS/c1-7-6-10(18-13(7)14)12(17)11(15)8-2-4-9(16)5-3-8/h2-6,11H,1H3. The van der Waals surface area contributed by atoms with Crippen molar-refractivity contribution in [2.75, 3.05) is 0 Å². The first-order chi connectivity index (χ1) is 8.49. The molecule has 0 spiro atoms. The van der Waals surface area contributed by atoms with Crippen LogP contribution in [0.15, 0.2) is 34.1 Å². The highest BCUT2D eigenvalue weighted by molar-refractivity contribution is 9.11. The third-order valence-electron chi connectivity index (χ3n) is 2.49. The number of thiophene rings is 1. The number of carbonyl (C=O) groups is 1. The maximum Gasteiger partial charge on any atom is 0.195 e. The van der Waals surface area contributed by atoms with E-state index in [1.54, 1.807) is 6.07 Å². The van der Waals surface area contributed by atoms with E-state index < -0.39 is 5.38 Å². The Morgan fingerprint density at radius 3 is 2.50 bits per heavy atom. The van der Waals surface area contributed by atoms with Crippen LogP contribution in [0.3, 0.4) is 0 Å². The Hall–Kier alpha value is -0.710. The Morgan fingerprint density at radius 2 is 2.00 bits per heavy atom. The molecule has 1 aromatic heterocycles. The maximum atomic E-state index is 12.8. The Morgan fingerprint density at radius 1 is 1.39 bits per heavy atom. The number of hydrogen-bond donors (Lipinski definition) is 0. The van der Waals surface area contributed by atoms with Crippen molar-refractivity contribution < 1.29 is 9.18 Å². The molecule has 0 saturated heterocycles. The van der Waals surface area contributed by atoms with Gasteiger partial charge in [-0.2, -0.15) is 0 Å². The molecule has 1 nitrogen and oxygen atoms in total. The van der Waals surface area contributed by atoms with Gasteiger partial charge in [0.05, 0.1) is 8.66 Å². The smallest absolute Gasteiger partial charge is 0.195 e. The molecule has 5 heteroatoms. The molecule has 0 fully saturated rings. The molecule has 1 atom stereocenters. The second kappa shape index (κ2) is 5.51. The average molecular weight is 348 g/mol. The van der Waals surface area contributed by atoms with Crippen LogP contribution in [-0.4, -0.2) is 5.78 Å². The van der Waals surface area contributed by atoms with Crippen LogP contribution in [0.4, 0.5) is 4.39 Å². The SMILES string of the molecule is Cc1cc(C(=O)C(Cl)c2ccc(F)cc2)sc1Br. The van der Waals surface area contributed by atoms with E-state index in [4.69, 9.17) is 11.6 Å². The molecule has 18 heavy (non-hydrogen) atoms. The van der Waals surface area contributed by atoms with Crippen LogP contribution < -0.4 is 0 Å². The molecule has 94 valence electrons. The minimum Gasteiger partial charge on any atom is -0.291 e. The van der Waals surface area contributed by atoms with Crippen molar-refractivity contribution in [2.24, 2.45) is 0 Å². The number of aryl methyl sites for hydroxylation is 1. The molecule has 1 aromatic carbocycles. The summed E-state index contributed by atoms with van der Waals surface area (Å²) in [5.74, 6) is -0.508. The van der Waals surface area contributed by atoms with Crippen LogP contribution >= 0.6 is 38.9 Å². The number of benzene rings is 1. The molecule has 2 aromatic rings. The van der Waals surface area contributed by atoms with E-state index in [1.165, 1.54) is 35.6 Å².